The molecule has 0 heterocycles. The summed E-state index contributed by atoms with van der Waals surface area (Å²) < 4.78 is 9.02. The smallest absolute Gasteiger partial charge is 0.305 e. The van der Waals surface area contributed by atoms with E-state index in [0.717, 1.165) is 70.6 Å². The first-order chi connectivity index (χ1) is 13.0. The van der Waals surface area contributed by atoms with Gasteiger partial charge in [-0.3, -0.25) is 14.4 Å². The Morgan fingerprint density at radius 1 is 0.593 bits per heavy atom. The number of aliphatic hydroxyl groups is 1. The van der Waals surface area contributed by atoms with Gasteiger partial charge in [-0.15, -0.1) is 0 Å². The van der Waals surface area contributed by atoms with Gasteiger partial charge in [0.2, 0.25) is 0 Å². The average molecular weight is 391 g/mol. The van der Waals surface area contributed by atoms with E-state index in [1.54, 1.807) is 0 Å². The minimum atomic E-state index is -0.737. The number of hydrogen-bond donors (Lipinski definition) is 2. The van der Waals surface area contributed by atoms with Gasteiger partial charge in [-0.1, -0.05) is 44.9 Å². The molecule has 0 aromatic carbocycles. The van der Waals surface area contributed by atoms with E-state index in [9.17, 15) is 14.4 Å². The molecule has 0 spiro atoms. The summed E-state index contributed by atoms with van der Waals surface area (Å²) in [4.78, 5) is 31.5. The van der Waals surface area contributed by atoms with Crippen LogP contribution in [-0.4, -0.2) is 48.9 Å². The molecule has 0 fully saturated rings. The monoisotopic (exact) mass is 390 g/mol. The molecule has 7 heteroatoms. The third-order valence-electron chi connectivity index (χ3n) is 4.02. The number of hydrogen-bond acceptors (Lipinski definition) is 6. The number of carboxylic acid groups (broad SMARTS) is 1. The number of ether oxygens (including phenoxy) is 2. The molecule has 2 N–H and O–H groups in total. The van der Waals surface area contributed by atoms with Crippen molar-refractivity contribution in [2.75, 3.05) is 20.8 Å². The van der Waals surface area contributed by atoms with E-state index >= 15 is 0 Å². The largest absolute Gasteiger partial charge is 0.481 e. The van der Waals surface area contributed by atoms with Crippen molar-refractivity contribution in [3.63, 3.8) is 0 Å². The minimum absolute atomic E-state index is 0.115. The SMILES string of the molecule is COC(=O)CCCCCCCC(=O)O.COC(=O)CCCCCCCCO. The number of aliphatic hydroxyl groups excluding tert-OH is 1. The van der Waals surface area contributed by atoms with Gasteiger partial charge >= 0.3 is 17.9 Å². The van der Waals surface area contributed by atoms with Crippen LogP contribution in [-0.2, 0) is 23.9 Å². The molecule has 0 amide bonds. The third-order valence-corrected chi connectivity index (χ3v) is 4.02. The molecule has 0 bridgehead atoms. The van der Waals surface area contributed by atoms with Crippen molar-refractivity contribution in [1.29, 1.82) is 0 Å². The van der Waals surface area contributed by atoms with E-state index in [2.05, 4.69) is 9.47 Å². The number of carbonyl (C=O) groups excluding carboxylic acids is 2. The van der Waals surface area contributed by atoms with Crippen LogP contribution in [0.5, 0.6) is 0 Å². The Hall–Kier alpha value is -1.63. The van der Waals surface area contributed by atoms with Gasteiger partial charge in [0.05, 0.1) is 14.2 Å². The van der Waals surface area contributed by atoms with Crippen molar-refractivity contribution in [2.45, 2.75) is 89.9 Å². The number of unbranched alkanes of at least 4 members (excludes halogenated alkanes) is 9. The maximum Gasteiger partial charge on any atom is 0.305 e. The first kappa shape index (κ1) is 27.6. The molecule has 0 aliphatic heterocycles. The third kappa shape index (κ3) is 26.7. The summed E-state index contributed by atoms with van der Waals surface area (Å²) in [6, 6.07) is 0. The molecule has 7 nitrogen and oxygen atoms in total. The zero-order valence-electron chi connectivity index (χ0n) is 17.0. The van der Waals surface area contributed by atoms with Crippen molar-refractivity contribution < 1.29 is 34.1 Å². The van der Waals surface area contributed by atoms with Gasteiger partial charge in [0.25, 0.3) is 0 Å². The summed E-state index contributed by atoms with van der Waals surface area (Å²) in [5, 5.41) is 16.9. The molecule has 0 aliphatic carbocycles. The van der Waals surface area contributed by atoms with Crippen molar-refractivity contribution in [1.82, 2.24) is 0 Å². The lowest BCUT2D eigenvalue weighted by Crippen LogP contribution is -1.99. The van der Waals surface area contributed by atoms with Crippen LogP contribution in [0.2, 0.25) is 0 Å². The Morgan fingerprint density at radius 2 is 0.926 bits per heavy atom. The second-order valence-corrected chi connectivity index (χ2v) is 6.41. The molecule has 0 rings (SSSR count). The summed E-state index contributed by atoms with van der Waals surface area (Å²) in [6.45, 7) is 0.294. The van der Waals surface area contributed by atoms with Crippen LogP contribution in [0.25, 0.3) is 0 Å². The van der Waals surface area contributed by atoms with Gasteiger partial charge in [-0.25, -0.2) is 0 Å². The molecule has 27 heavy (non-hydrogen) atoms. The fourth-order valence-electron chi connectivity index (χ4n) is 2.37. The zero-order chi connectivity index (χ0) is 20.8. The van der Waals surface area contributed by atoms with E-state index in [0.29, 0.717) is 19.4 Å². The fourth-order valence-corrected chi connectivity index (χ4v) is 2.37. The number of aliphatic carboxylic acids is 1. The van der Waals surface area contributed by atoms with Crippen LogP contribution in [0.1, 0.15) is 89.9 Å². The summed E-state index contributed by atoms with van der Waals surface area (Å²) >= 11 is 0. The standard InChI is InChI=1S/C10H18O4.C10H20O3/c1-14-10(13)8-6-4-2-3-5-7-9(11)12;1-13-10(12)8-6-4-2-3-5-7-9-11/h2-8H2,1H3,(H,11,12);11H,2-9H2,1H3. The second kappa shape index (κ2) is 22.4. The maximum absolute atomic E-state index is 10.7. The van der Waals surface area contributed by atoms with E-state index < -0.39 is 5.97 Å². The summed E-state index contributed by atoms with van der Waals surface area (Å²) in [5.74, 6) is -1.02. The van der Waals surface area contributed by atoms with E-state index in [4.69, 9.17) is 10.2 Å². The lowest BCUT2D eigenvalue weighted by molar-refractivity contribution is -0.141. The first-order valence-electron chi connectivity index (χ1n) is 9.94. The van der Waals surface area contributed by atoms with Gasteiger partial charge in [0.15, 0.2) is 0 Å². The highest BCUT2D eigenvalue weighted by atomic mass is 16.5. The molecular weight excluding hydrogens is 352 g/mol. The number of esters is 2. The Kier molecular flexibility index (Phi) is 22.9. The number of carbonyl (C=O) groups is 3. The Labute approximate surface area is 163 Å². The predicted octanol–water partition coefficient (Wildman–Crippen LogP) is 3.86. The Morgan fingerprint density at radius 3 is 1.26 bits per heavy atom. The van der Waals surface area contributed by atoms with Gasteiger partial charge in [0, 0.05) is 25.9 Å². The average Bonchev–Trinajstić information content (AvgIpc) is 2.66. The molecule has 0 aromatic rings. The molecular formula is C20H38O7. The fraction of sp³-hybridized carbons (Fsp3) is 0.850. The lowest BCUT2D eigenvalue weighted by Gasteiger charge is -2.00. The molecule has 0 saturated heterocycles. The first-order valence-corrected chi connectivity index (χ1v) is 9.94. The van der Waals surface area contributed by atoms with Crippen LogP contribution >= 0.6 is 0 Å². The van der Waals surface area contributed by atoms with Crippen molar-refractivity contribution in [3.05, 3.63) is 0 Å². The van der Waals surface area contributed by atoms with E-state index in [1.807, 2.05) is 0 Å². The molecule has 0 saturated carbocycles. The normalized spacial score (nSPS) is 9.89. The lowest BCUT2D eigenvalue weighted by atomic mass is 10.1. The van der Waals surface area contributed by atoms with Crippen LogP contribution in [0.15, 0.2) is 0 Å². The molecule has 0 aromatic heterocycles. The van der Waals surface area contributed by atoms with Gasteiger partial charge in [0.1, 0.15) is 0 Å². The van der Waals surface area contributed by atoms with Crippen molar-refractivity contribution in [3.8, 4) is 0 Å². The van der Waals surface area contributed by atoms with E-state index in [-0.39, 0.29) is 18.4 Å². The van der Waals surface area contributed by atoms with Crippen LogP contribution < -0.4 is 0 Å². The van der Waals surface area contributed by atoms with Crippen LogP contribution in [0.3, 0.4) is 0 Å². The van der Waals surface area contributed by atoms with Gasteiger partial charge in [-0.2, -0.15) is 0 Å². The second-order valence-electron chi connectivity index (χ2n) is 6.41. The zero-order valence-corrected chi connectivity index (χ0v) is 17.0. The molecule has 0 aliphatic rings. The van der Waals surface area contributed by atoms with E-state index in [1.165, 1.54) is 14.2 Å². The number of rotatable bonds is 16. The highest BCUT2D eigenvalue weighted by Gasteiger charge is 2.00. The summed E-state index contributed by atoms with van der Waals surface area (Å²) in [7, 11) is 2.80. The maximum atomic E-state index is 10.7. The quantitative estimate of drug-likeness (QED) is 0.304. The Balaban J connectivity index is 0. The van der Waals surface area contributed by atoms with Crippen LogP contribution in [0, 0.1) is 0 Å². The topological polar surface area (TPSA) is 110 Å². The Bertz CT molecular complexity index is 369. The minimum Gasteiger partial charge on any atom is -0.481 e. The van der Waals surface area contributed by atoms with Gasteiger partial charge in [-0.05, 0) is 25.7 Å². The predicted molar refractivity (Wildman–Crippen MR) is 103 cm³/mol. The molecule has 0 unspecified atom stereocenters. The molecule has 0 radical (unpaired) electrons. The summed E-state index contributed by atoms with van der Waals surface area (Å²) in [5.41, 5.74) is 0. The van der Waals surface area contributed by atoms with Crippen molar-refractivity contribution >= 4 is 17.9 Å². The highest BCUT2D eigenvalue weighted by Crippen LogP contribution is 2.08. The van der Waals surface area contributed by atoms with Crippen molar-refractivity contribution in [2.24, 2.45) is 0 Å². The van der Waals surface area contributed by atoms with Crippen LogP contribution in [0.4, 0.5) is 0 Å². The molecule has 0 atom stereocenters. The molecule has 160 valence electrons. The number of carboxylic acids is 1. The van der Waals surface area contributed by atoms with Gasteiger partial charge < -0.3 is 19.7 Å². The number of methoxy groups -OCH3 is 2. The summed E-state index contributed by atoms with van der Waals surface area (Å²) in [6.07, 6.45) is 12.0. The highest BCUT2D eigenvalue weighted by molar-refractivity contribution is 5.69.